The molecule has 3 rings (SSSR count). The molecule has 0 saturated carbocycles. The Hall–Kier alpha value is -2.03. The topological polar surface area (TPSA) is 33.6 Å². The van der Waals surface area contributed by atoms with Gasteiger partial charge in [-0.05, 0) is 23.6 Å². The summed E-state index contributed by atoms with van der Waals surface area (Å²) in [6.45, 7) is 4.47. The van der Waals surface area contributed by atoms with E-state index in [9.17, 15) is 0 Å². The van der Waals surface area contributed by atoms with Crippen molar-refractivity contribution >= 4 is 10.9 Å². The average molecular weight is 239 g/mol. The average Bonchev–Trinajstić information content (AvgIpc) is 2.97. The molecule has 0 fully saturated rings. The van der Waals surface area contributed by atoms with Crippen molar-refractivity contribution in [2.75, 3.05) is 0 Å². The van der Waals surface area contributed by atoms with Crippen molar-refractivity contribution in [2.24, 2.45) is 7.05 Å². The molecule has 0 aliphatic carbocycles. The van der Waals surface area contributed by atoms with Gasteiger partial charge in [0.25, 0.3) is 0 Å². The lowest BCUT2D eigenvalue weighted by atomic mass is 10.0. The summed E-state index contributed by atoms with van der Waals surface area (Å²) in [5.74, 6) is 0.533. The van der Waals surface area contributed by atoms with E-state index in [2.05, 4.69) is 59.8 Å². The lowest BCUT2D eigenvalue weighted by Crippen LogP contribution is -1.84. The van der Waals surface area contributed by atoms with E-state index in [1.165, 1.54) is 22.0 Å². The van der Waals surface area contributed by atoms with Crippen LogP contribution in [0, 0.1) is 0 Å². The number of aromatic amines is 1. The number of aryl methyl sites for hydroxylation is 1. The third-order valence-electron chi connectivity index (χ3n) is 3.45. The Labute approximate surface area is 106 Å². The van der Waals surface area contributed by atoms with Crippen LogP contribution in [0.2, 0.25) is 0 Å². The van der Waals surface area contributed by atoms with Gasteiger partial charge in [0.1, 0.15) is 0 Å². The lowest BCUT2D eigenvalue weighted by molar-refractivity contribution is 0.857. The summed E-state index contributed by atoms with van der Waals surface area (Å²) >= 11 is 0. The van der Waals surface area contributed by atoms with Gasteiger partial charge in [-0.15, -0.1) is 0 Å². The van der Waals surface area contributed by atoms with Crippen molar-refractivity contribution in [3.63, 3.8) is 0 Å². The quantitative estimate of drug-likeness (QED) is 0.727. The number of nitrogens with zero attached hydrogens (tertiary/aromatic N) is 2. The van der Waals surface area contributed by atoms with Gasteiger partial charge in [0.2, 0.25) is 0 Å². The molecule has 1 N–H and O–H groups in total. The molecule has 0 aliphatic rings. The molecule has 1 aromatic carbocycles. The molecule has 0 amide bonds. The fourth-order valence-corrected chi connectivity index (χ4v) is 2.46. The van der Waals surface area contributed by atoms with E-state index in [1.807, 2.05) is 6.20 Å². The van der Waals surface area contributed by atoms with Gasteiger partial charge in [-0.1, -0.05) is 19.9 Å². The van der Waals surface area contributed by atoms with Gasteiger partial charge in [-0.3, -0.25) is 0 Å². The number of imidazole rings is 1. The van der Waals surface area contributed by atoms with Crippen molar-refractivity contribution in [3.8, 4) is 11.3 Å². The number of benzene rings is 1. The first kappa shape index (κ1) is 11.1. The van der Waals surface area contributed by atoms with Crippen molar-refractivity contribution in [3.05, 3.63) is 42.5 Å². The second-order valence-corrected chi connectivity index (χ2v) is 5.05. The first-order valence-electron chi connectivity index (χ1n) is 6.24. The van der Waals surface area contributed by atoms with Gasteiger partial charge in [0.05, 0.1) is 18.2 Å². The van der Waals surface area contributed by atoms with Crippen LogP contribution in [0.15, 0.2) is 36.9 Å². The van der Waals surface area contributed by atoms with E-state index in [0.717, 1.165) is 5.69 Å². The van der Waals surface area contributed by atoms with Crippen LogP contribution >= 0.6 is 0 Å². The molecular formula is C15H17N3. The van der Waals surface area contributed by atoms with E-state index in [0.29, 0.717) is 5.92 Å². The van der Waals surface area contributed by atoms with Crippen LogP contribution in [0.3, 0.4) is 0 Å². The standard InChI is InChI=1S/C15H17N3/c1-10(2)13-8-18(3)15-5-4-11(6-12(13)15)14-7-16-9-17-14/h4-10H,1-3H3,(H,16,17). The maximum absolute atomic E-state index is 4.08. The van der Waals surface area contributed by atoms with Crippen molar-refractivity contribution in [1.29, 1.82) is 0 Å². The van der Waals surface area contributed by atoms with Gasteiger partial charge >= 0.3 is 0 Å². The molecule has 3 nitrogen and oxygen atoms in total. The Morgan fingerprint density at radius 1 is 1.28 bits per heavy atom. The molecule has 0 radical (unpaired) electrons. The van der Waals surface area contributed by atoms with E-state index < -0.39 is 0 Å². The SMILES string of the molecule is CC(C)c1cn(C)c2ccc(-c3cnc[nH]3)cc12. The maximum Gasteiger partial charge on any atom is 0.0924 e. The zero-order valence-electron chi connectivity index (χ0n) is 10.9. The van der Waals surface area contributed by atoms with Crippen LogP contribution in [0.25, 0.3) is 22.2 Å². The highest BCUT2D eigenvalue weighted by Crippen LogP contribution is 2.30. The Balaban J connectivity index is 2.25. The van der Waals surface area contributed by atoms with Gasteiger partial charge in [-0.25, -0.2) is 4.98 Å². The number of hydrogen-bond donors (Lipinski definition) is 1. The Bertz CT molecular complexity index is 675. The summed E-state index contributed by atoms with van der Waals surface area (Å²) < 4.78 is 2.20. The van der Waals surface area contributed by atoms with Gasteiger partial charge < -0.3 is 9.55 Å². The molecule has 2 aromatic heterocycles. The molecule has 3 heteroatoms. The number of hydrogen-bond acceptors (Lipinski definition) is 1. The molecule has 92 valence electrons. The lowest BCUT2D eigenvalue weighted by Gasteiger charge is -2.04. The third kappa shape index (κ3) is 1.63. The fourth-order valence-electron chi connectivity index (χ4n) is 2.46. The molecule has 18 heavy (non-hydrogen) atoms. The number of nitrogens with one attached hydrogen (secondary N) is 1. The number of H-pyrrole nitrogens is 1. The summed E-state index contributed by atoms with van der Waals surface area (Å²) in [7, 11) is 2.10. The molecule has 0 bridgehead atoms. The maximum atomic E-state index is 4.08. The fraction of sp³-hybridized carbons (Fsp3) is 0.267. The monoisotopic (exact) mass is 239 g/mol. The molecule has 0 atom stereocenters. The second kappa shape index (κ2) is 4.02. The molecular weight excluding hydrogens is 222 g/mol. The van der Waals surface area contributed by atoms with Crippen molar-refractivity contribution in [2.45, 2.75) is 19.8 Å². The van der Waals surface area contributed by atoms with Crippen molar-refractivity contribution < 1.29 is 0 Å². The minimum atomic E-state index is 0.533. The minimum Gasteiger partial charge on any atom is -0.350 e. The Morgan fingerprint density at radius 3 is 2.78 bits per heavy atom. The highest BCUT2D eigenvalue weighted by atomic mass is 14.9. The summed E-state index contributed by atoms with van der Waals surface area (Å²) in [6, 6.07) is 6.56. The van der Waals surface area contributed by atoms with Crippen LogP contribution in [0.4, 0.5) is 0 Å². The predicted molar refractivity (Wildman–Crippen MR) is 74.6 cm³/mol. The number of fused-ring (bicyclic) bond motifs is 1. The second-order valence-electron chi connectivity index (χ2n) is 5.05. The van der Waals surface area contributed by atoms with Crippen molar-refractivity contribution in [1.82, 2.24) is 14.5 Å². The first-order chi connectivity index (χ1) is 8.66. The molecule has 0 aliphatic heterocycles. The summed E-state index contributed by atoms with van der Waals surface area (Å²) in [6.07, 6.45) is 5.80. The van der Waals surface area contributed by atoms with Gasteiger partial charge in [0, 0.05) is 29.7 Å². The summed E-state index contributed by atoms with van der Waals surface area (Å²) in [4.78, 5) is 7.24. The van der Waals surface area contributed by atoms with Crippen LogP contribution < -0.4 is 0 Å². The highest BCUT2D eigenvalue weighted by molar-refractivity contribution is 5.88. The largest absolute Gasteiger partial charge is 0.350 e. The normalized spacial score (nSPS) is 11.6. The van der Waals surface area contributed by atoms with Gasteiger partial charge in [0.15, 0.2) is 0 Å². The van der Waals surface area contributed by atoms with Crippen LogP contribution in [0.1, 0.15) is 25.3 Å². The molecule has 3 aromatic rings. The van der Waals surface area contributed by atoms with Gasteiger partial charge in [-0.2, -0.15) is 0 Å². The summed E-state index contributed by atoms with van der Waals surface area (Å²) in [5, 5.41) is 1.33. The minimum absolute atomic E-state index is 0.533. The predicted octanol–water partition coefficient (Wildman–Crippen LogP) is 3.69. The van der Waals surface area contributed by atoms with E-state index in [1.54, 1.807) is 6.33 Å². The molecule has 0 saturated heterocycles. The zero-order valence-corrected chi connectivity index (χ0v) is 10.9. The van der Waals surface area contributed by atoms with Crippen LogP contribution in [0.5, 0.6) is 0 Å². The van der Waals surface area contributed by atoms with Crippen LogP contribution in [-0.2, 0) is 7.05 Å². The molecule has 0 unspecified atom stereocenters. The van der Waals surface area contributed by atoms with E-state index in [-0.39, 0.29) is 0 Å². The number of rotatable bonds is 2. The highest BCUT2D eigenvalue weighted by Gasteiger charge is 2.11. The van der Waals surface area contributed by atoms with E-state index in [4.69, 9.17) is 0 Å². The molecule has 2 heterocycles. The Kier molecular flexibility index (Phi) is 2.47. The third-order valence-corrected chi connectivity index (χ3v) is 3.45. The number of aromatic nitrogens is 3. The first-order valence-corrected chi connectivity index (χ1v) is 6.24. The summed E-state index contributed by atoms with van der Waals surface area (Å²) in [5.41, 5.74) is 4.93. The smallest absolute Gasteiger partial charge is 0.0924 e. The molecule has 0 spiro atoms. The Morgan fingerprint density at radius 2 is 2.11 bits per heavy atom. The van der Waals surface area contributed by atoms with E-state index >= 15 is 0 Å². The van der Waals surface area contributed by atoms with Crippen LogP contribution in [-0.4, -0.2) is 14.5 Å². The zero-order chi connectivity index (χ0) is 12.7.